The van der Waals surface area contributed by atoms with Crippen molar-refractivity contribution < 1.29 is 19.4 Å². The number of carboxylic acid groups (broad SMARTS) is 1. The Bertz CT molecular complexity index is 518. The van der Waals surface area contributed by atoms with Gasteiger partial charge in [0.2, 0.25) is 5.91 Å². The van der Waals surface area contributed by atoms with Gasteiger partial charge in [-0.15, -0.1) is 0 Å². The summed E-state index contributed by atoms with van der Waals surface area (Å²) in [7, 11) is 1.44. The smallest absolute Gasteiger partial charge is 0.306 e. The third kappa shape index (κ3) is 3.95. The highest BCUT2D eigenvalue weighted by molar-refractivity contribution is 5.86. The topological polar surface area (TPSA) is 87.7 Å². The Hall–Kier alpha value is -2.08. The van der Waals surface area contributed by atoms with E-state index < -0.39 is 12.1 Å². The van der Waals surface area contributed by atoms with Gasteiger partial charge >= 0.3 is 5.97 Å². The van der Waals surface area contributed by atoms with Crippen molar-refractivity contribution in [2.24, 2.45) is 0 Å². The fourth-order valence-electron chi connectivity index (χ4n) is 2.51. The van der Waals surface area contributed by atoms with Crippen molar-refractivity contribution >= 4 is 17.6 Å². The summed E-state index contributed by atoms with van der Waals surface area (Å²) in [5.41, 5.74) is 1.96. The van der Waals surface area contributed by atoms with Gasteiger partial charge in [0.25, 0.3) is 0 Å². The second-order valence-electron chi connectivity index (χ2n) is 5.06. The molecule has 3 N–H and O–H groups in total. The molecule has 0 radical (unpaired) electrons. The van der Waals surface area contributed by atoms with Crippen LogP contribution in [0.1, 0.15) is 24.3 Å². The molecule has 0 saturated carbocycles. The van der Waals surface area contributed by atoms with Crippen molar-refractivity contribution in [2.45, 2.75) is 24.9 Å². The molecule has 1 aliphatic heterocycles. The van der Waals surface area contributed by atoms with Crippen LogP contribution in [0.5, 0.6) is 0 Å². The zero-order chi connectivity index (χ0) is 15.2. The zero-order valence-electron chi connectivity index (χ0n) is 12.0. The highest BCUT2D eigenvalue weighted by Crippen LogP contribution is 2.31. The van der Waals surface area contributed by atoms with Gasteiger partial charge in [-0.25, -0.2) is 0 Å². The maximum absolute atomic E-state index is 12.3. The number of nitrogens with one attached hydrogen (secondary N) is 2. The number of anilines is 1. The van der Waals surface area contributed by atoms with Crippen LogP contribution < -0.4 is 10.6 Å². The summed E-state index contributed by atoms with van der Waals surface area (Å²) in [6, 6.07) is 7.74. The van der Waals surface area contributed by atoms with Crippen LogP contribution in [0.15, 0.2) is 24.3 Å². The molecule has 2 unspecified atom stereocenters. The molecule has 1 amide bonds. The molecule has 2 rings (SSSR count). The van der Waals surface area contributed by atoms with Crippen LogP contribution in [0, 0.1) is 0 Å². The molecule has 2 atom stereocenters. The minimum absolute atomic E-state index is 0.0867. The van der Waals surface area contributed by atoms with Crippen molar-refractivity contribution in [2.75, 3.05) is 25.5 Å². The molecule has 114 valence electrons. The first-order valence-electron chi connectivity index (χ1n) is 6.97. The minimum Gasteiger partial charge on any atom is -0.481 e. The van der Waals surface area contributed by atoms with Gasteiger partial charge in [-0.3, -0.25) is 9.59 Å². The molecule has 0 saturated heterocycles. The zero-order valence-corrected chi connectivity index (χ0v) is 12.0. The number of carbonyl (C=O) groups is 2. The third-order valence-electron chi connectivity index (χ3n) is 3.64. The monoisotopic (exact) mass is 292 g/mol. The lowest BCUT2D eigenvalue weighted by Gasteiger charge is -2.26. The first-order chi connectivity index (χ1) is 10.1. The lowest BCUT2D eigenvalue weighted by molar-refractivity contribution is -0.140. The Balaban J connectivity index is 1.97. The maximum atomic E-state index is 12.3. The van der Waals surface area contributed by atoms with Gasteiger partial charge in [-0.1, -0.05) is 18.2 Å². The number of rotatable bonds is 6. The Kier molecular flexibility index (Phi) is 5.16. The first-order valence-corrected chi connectivity index (χ1v) is 6.97. The molecule has 6 nitrogen and oxygen atoms in total. The molecule has 0 aromatic heterocycles. The number of para-hydroxylation sites is 1. The van der Waals surface area contributed by atoms with Gasteiger partial charge in [0, 0.05) is 25.9 Å². The minimum atomic E-state index is -0.941. The summed E-state index contributed by atoms with van der Waals surface area (Å²) >= 11 is 0. The SMILES string of the molecule is COC(CNC(=O)C1CCNc2ccccc21)CC(=O)O. The standard InChI is InChI=1S/C15H20N2O4/c1-21-10(8-14(18)19)9-17-15(20)12-6-7-16-13-5-3-2-4-11(12)13/h2-5,10,12,16H,6-9H2,1H3,(H,17,20)(H,18,19). The highest BCUT2D eigenvalue weighted by Gasteiger charge is 2.26. The van der Waals surface area contributed by atoms with E-state index in [1.165, 1.54) is 7.11 Å². The van der Waals surface area contributed by atoms with E-state index in [2.05, 4.69) is 10.6 Å². The molecule has 21 heavy (non-hydrogen) atoms. The maximum Gasteiger partial charge on any atom is 0.306 e. The summed E-state index contributed by atoms with van der Waals surface area (Å²) in [4.78, 5) is 23.0. The van der Waals surface area contributed by atoms with E-state index in [0.29, 0.717) is 0 Å². The van der Waals surface area contributed by atoms with Crippen molar-refractivity contribution in [3.8, 4) is 0 Å². The largest absolute Gasteiger partial charge is 0.481 e. The van der Waals surface area contributed by atoms with Gasteiger partial charge in [-0.2, -0.15) is 0 Å². The Morgan fingerprint density at radius 1 is 1.48 bits per heavy atom. The number of amides is 1. The van der Waals surface area contributed by atoms with Gasteiger partial charge < -0.3 is 20.5 Å². The van der Waals surface area contributed by atoms with Crippen LogP contribution in [-0.2, 0) is 14.3 Å². The molecule has 0 spiro atoms. The fourth-order valence-corrected chi connectivity index (χ4v) is 2.51. The highest BCUT2D eigenvalue weighted by atomic mass is 16.5. The van der Waals surface area contributed by atoms with Crippen LogP contribution in [0.25, 0.3) is 0 Å². The summed E-state index contributed by atoms with van der Waals surface area (Å²) in [5.74, 6) is -1.23. The molecular formula is C15H20N2O4. The van der Waals surface area contributed by atoms with Gasteiger partial charge in [0.1, 0.15) is 0 Å². The molecule has 1 aromatic rings. The number of hydrogen-bond donors (Lipinski definition) is 3. The second kappa shape index (κ2) is 7.08. The van der Waals surface area contributed by atoms with E-state index in [-0.39, 0.29) is 24.8 Å². The van der Waals surface area contributed by atoms with E-state index in [9.17, 15) is 9.59 Å². The van der Waals surface area contributed by atoms with Gasteiger partial charge in [0.15, 0.2) is 0 Å². The average Bonchev–Trinajstić information content (AvgIpc) is 2.50. The molecule has 0 fully saturated rings. The molecule has 1 aliphatic rings. The van der Waals surface area contributed by atoms with Crippen molar-refractivity contribution in [3.05, 3.63) is 29.8 Å². The average molecular weight is 292 g/mol. The second-order valence-corrected chi connectivity index (χ2v) is 5.06. The number of benzene rings is 1. The van der Waals surface area contributed by atoms with E-state index in [1.54, 1.807) is 0 Å². The fraction of sp³-hybridized carbons (Fsp3) is 0.467. The van der Waals surface area contributed by atoms with E-state index in [0.717, 1.165) is 24.2 Å². The summed E-state index contributed by atoms with van der Waals surface area (Å²) in [6.45, 7) is 0.950. The number of carbonyl (C=O) groups excluding carboxylic acids is 1. The van der Waals surface area contributed by atoms with E-state index in [4.69, 9.17) is 9.84 Å². The number of hydrogen-bond acceptors (Lipinski definition) is 4. The first kappa shape index (κ1) is 15.3. The molecule has 1 aromatic carbocycles. The molecule has 0 aliphatic carbocycles. The number of fused-ring (bicyclic) bond motifs is 1. The Morgan fingerprint density at radius 3 is 2.95 bits per heavy atom. The van der Waals surface area contributed by atoms with Crippen molar-refractivity contribution in [1.29, 1.82) is 0 Å². The van der Waals surface area contributed by atoms with E-state index >= 15 is 0 Å². The van der Waals surface area contributed by atoms with Gasteiger partial charge in [-0.05, 0) is 18.1 Å². The quantitative estimate of drug-likeness (QED) is 0.733. The van der Waals surface area contributed by atoms with Crippen LogP contribution in [0.2, 0.25) is 0 Å². The van der Waals surface area contributed by atoms with Gasteiger partial charge in [0.05, 0.1) is 18.4 Å². The molecule has 0 bridgehead atoms. The summed E-state index contributed by atoms with van der Waals surface area (Å²) < 4.78 is 5.06. The van der Waals surface area contributed by atoms with Crippen molar-refractivity contribution in [1.82, 2.24) is 5.32 Å². The number of methoxy groups -OCH3 is 1. The Morgan fingerprint density at radius 2 is 2.24 bits per heavy atom. The number of ether oxygens (including phenoxy) is 1. The predicted molar refractivity (Wildman–Crippen MR) is 78.3 cm³/mol. The Labute approximate surface area is 123 Å². The third-order valence-corrected chi connectivity index (χ3v) is 3.64. The van der Waals surface area contributed by atoms with Crippen LogP contribution in [0.3, 0.4) is 0 Å². The summed E-state index contributed by atoms with van der Waals surface area (Å²) in [6.07, 6.45) is 0.0855. The molecule has 1 heterocycles. The number of carboxylic acids is 1. The van der Waals surface area contributed by atoms with Crippen LogP contribution >= 0.6 is 0 Å². The predicted octanol–water partition coefficient (Wildman–Crippen LogP) is 1.19. The summed E-state index contributed by atoms with van der Waals surface area (Å²) in [5, 5.41) is 14.8. The molecular weight excluding hydrogens is 272 g/mol. The van der Waals surface area contributed by atoms with Crippen LogP contribution in [-0.4, -0.2) is 43.3 Å². The number of aliphatic carboxylic acids is 1. The van der Waals surface area contributed by atoms with E-state index in [1.807, 2.05) is 24.3 Å². The van der Waals surface area contributed by atoms with Crippen molar-refractivity contribution in [3.63, 3.8) is 0 Å². The lowest BCUT2D eigenvalue weighted by Crippen LogP contribution is -2.38. The molecule has 6 heteroatoms. The van der Waals surface area contributed by atoms with Crippen LogP contribution in [0.4, 0.5) is 5.69 Å². The lowest BCUT2D eigenvalue weighted by atomic mass is 9.90. The normalized spacial score (nSPS) is 18.2.